The van der Waals surface area contributed by atoms with E-state index in [1.807, 2.05) is 24.3 Å². The Morgan fingerprint density at radius 2 is 2.00 bits per heavy atom. The van der Waals surface area contributed by atoms with Gasteiger partial charge in [0.2, 0.25) is 21.7 Å². The molecule has 1 saturated heterocycles. The molecule has 136 valence electrons. The molecular weight excluding hydrogens is 342 g/mol. The Kier molecular flexibility index (Phi) is 5.10. The number of piperidine rings is 1. The van der Waals surface area contributed by atoms with Gasteiger partial charge in [0.05, 0.1) is 12.4 Å². The van der Waals surface area contributed by atoms with Crippen LogP contribution in [0.4, 0.5) is 0 Å². The van der Waals surface area contributed by atoms with Gasteiger partial charge in [-0.3, -0.25) is 0 Å². The summed E-state index contributed by atoms with van der Waals surface area (Å²) in [4.78, 5) is 4.50. The van der Waals surface area contributed by atoms with Crippen molar-refractivity contribution in [1.82, 2.24) is 14.4 Å². The molecule has 7 nitrogen and oxygen atoms in total. The fourth-order valence-corrected chi connectivity index (χ4v) is 4.25. The Labute approximate surface area is 148 Å². The lowest BCUT2D eigenvalue weighted by Crippen LogP contribution is -2.41. The van der Waals surface area contributed by atoms with Crippen LogP contribution in [0.3, 0.4) is 0 Å². The van der Waals surface area contributed by atoms with E-state index in [1.165, 1.54) is 0 Å². The van der Waals surface area contributed by atoms with Crippen molar-refractivity contribution in [2.75, 3.05) is 20.2 Å². The lowest BCUT2D eigenvalue weighted by atomic mass is 9.98. The van der Waals surface area contributed by atoms with Crippen LogP contribution in [-0.2, 0) is 10.0 Å². The molecule has 2 heterocycles. The maximum atomic E-state index is 12.2. The van der Waals surface area contributed by atoms with E-state index < -0.39 is 15.3 Å². The molecule has 0 atom stereocenters. The third kappa shape index (κ3) is 3.69. The minimum absolute atomic E-state index is 0.0884. The van der Waals surface area contributed by atoms with Crippen LogP contribution in [0.2, 0.25) is 0 Å². The third-order valence-electron chi connectivity index (χ3n) is 4.53. The van der Waals surface area contributed by atoms with Crippen LogP contribution in [0.25, 0.3) is 11.4 Å². The molecule has 0 unspecified atom stereocenters. The molecule has 1 aromatic heterocycles. The summed E-state index contributed by atoms with van der Waals surface area (Å²) >= 11 is 0. The highest BCUT2D eigenvalue weighted by Gasteiger charge is 2.32. The molecule has 1 aliphatic heterocycles. The highest BCUT2D eigenvalue weighted by molar-refractivity contribution is 7.89. The molecule has 8 heteroatoms. The van der Waals surface area contributed by atoms with Crippen molar-refractivity contribution >= 4 is 10.0 Å². The lowest BCUT2D eigenvalue weighted by molar-refractivity contribution is 0.269. The van der Waals surface area contributed by atoms with Gasteiger partial charge >= 0.3 is 0 Å². The molecule has 0 radical (unpaired) electrons. The first-order valence-corrected chi connectivity index (χ1v) is 9.89. The van der Waals surface area contributed by atoms with Gasteiger partial charge in [0.1, 0.15) is 5.75 Å². The van der Waals surface area contributed by atoms with E-state index in [0.717, 1.165) is 11.3 Å². The zero-order valence-electron chi connectivity index (χ0n) is 14.7. The highest BCUT2D eigenvalue weighted by atomic mass is 32.2. The van der Waals surface area contributed by atoms with E-state index in [9.17, 15) is 8.42 Å². The average molecular weight is 365 g/mol. The van der Waals surface area contributed by atoms with E-state index in [4.69, 9.17) is 9.26 Å². The summed E-state index contributed by atoms with van der Waals surface area (Å²) in [5.41, 5.74) is 0.828. The minimum atomic E-state index is -3.20. The van der Waals surface area contributed by atoms with Gasteiger partial charge in [-0.25, -0.2) is 12.7 Å². The number of hydrogen-bond acceptors (Lipinski definition) is 6. The van der Waals surface area contributed by atoms with Crippen LogP contribution in [0, 0.1) is 0 Å². The molecule has 2 aromatic rings. The first-order valence-electron chi connectivity index (χ1n) is 8.39. The number of aromatic nitrogens is 2. The number of ether oxygens (including phenoxy) is 1. The first-order chi connectivity index (χ1) is 11.9. The molecule has 3 rings (SSSR count). The number of benzene rings is 1. The van der Waals surface area contributed by atoms with Crippen LogP contribution in [-0.4, -0.2) is 48.3 Å². The predicted octanol–water partition coefficient (Wildman–Crippen LogP) is 2.66. The van der Waals surface area contributed by atoms with Gasteiger partial charge < -0.3 is 9.26 Å². The number of methoxy groups -OCH3 is 1. The Hall–Kier alpha value is -1.93. The van der Waals surface area contributed by atoms with Gasteiger partial charge in [-0.1, -0.05) is 17.3 Å². The fourth-order valence-electron chi connectivity index (χ4n) is 2.94. The highest BCUT2D eigenvalue weighted by Crippen LogP contribution is 2.30. The summed E-state index contributed by atoms with van der Waals surface area (Å²) in [7, 11) is -1.59. The third-order valence-corrected chi connectivity index (χ3v) is 6.80. The minimum Gasteiger partial charge on any atom is -0.497 e. The maximum Gasteiger partial charge on any atom is 0.230 e. The van der Waals surface area contributed by atoms with Crippen LogP contribution in [0.1, 0.15) is 38.5 Å². The van der Waals surface area contributed by atoms with Gasteiger partial charge in [0, 0.05) is 24.6 Å². The van der Waals surface area contributed by atoms with Gasteiger partial charge in [-0.2, -0.15) is 4.98 Å². The molecule has 25 heavy (non-hydrogen) atoms. The number of nitrogens with zero attached hydrogens (tertiary/aromatic N) is 3. The SMILES string of the molecule is COc1cccc(-c2noc(C3CCN(S(=O)(=O)C(C)C)CC3)n2)c1. The van der Waals surface area contributed by atoms with E-state index in [0.29, 0.717) is 37.6 Å². The number of rotatable bonds is 5. The molecule has 0 amide bonds. The Bertz CT molecular complexity index is 824. The van der Waals surface area contributed by atoms with Crippen LogP contribution < -0.4 is 4.74 Å². The van der Waals surface area contributed by atoms with Crippen molar-refractivity contribution in [3.05, 3.63) is 30.2 Å². The van der Waals surface area contributed by atoms with Crippen molar-refractivity contribution in [3.8, 4) is 17.1 Å². The quantitative estimate of drug-likeness (QED) is 0.810. The second-order valence-corrected chi connectivity index (χ2v) is 8.94. The maximum absolute atomic E-state index is 12.2. The molecular formula is C17H23N3O4S. The summed E-state index contributed by atoms with van der Waals surface area (Å²) in [6.45, 7) is 4.39. The second kappa shape index (κ2) is 7.13. The van der Waals surface area contributed by atoms with Crippen LogP contribution in [0.5, 0.6) is 5.75 Å². The van der Waals surface area contributed by atoms with Crippen LogP contribution >= 0.6 is 0 Å². The average Bonchev–Trinajstić information content (AvgIpc) is 3.12. The second-order valence-electron chi connectivity index (χ2n) is 6.46. The summed E-state index contributed by atoms with van der Waals surface area (Å²) in [5, 5.41) is 3.66. The molecule has 0 saturated carbocycles. The van der Waals surface area contributed by atoms with Crippen molar-refractivity contribution < 1.29 is 17.7 Å². The number of sulfonamides is 1. The normalized spacial score (nSPS) is 17.1. The van der Waals surface area contributed by atoms with E-state index >= 15 is 0 Å². The number of hydrogen-bond donors (Lipinski definition) is 0. The Morgan fingerprint density at radius 1 is 1.28 bits per heavy atom. The zero-order valence-corrected chi connectivity index (χ0v) is 15.5. The van der Waals surface area contributed by atoms with E-state index in [2.05, 4.69) is 10.1 Å². The van der Waals surface area contributed by atoms with E-state index in [-0.39, 0.29) is 5.92 Å². The lowest BCUT2D eigenvalue weighted by Gasteiger charge is -2.30. The summed E-state index contributed by atoms with van der Waals surface area (Å²) in [6, 6.07) is 7.48. The van der Waals surface area contributed by atoms with Crippen molar-refractivity contribution in [2.45, 2.75) is 37.9 Å². The zero-order chi connectivity index (χ0) is 18.0. The summed E-state index contributed by atoms with van der Waals surface area (Å²) in [6.07, 6.45) is 1.37. The summed E-state index contributed by atoms with van der Waals surface area (Å²) in [5.74, 6) is 1.91. The van der Waals surface area contributed by atoms with Gasteiger partial charge in [0.25, 0.3) is 0 Å². The topological polar surface area (TPSA) is 85.5 Å². The van der Waals surface area contributed by atoms with Gasteiger partial charge in [0.15, 0.2) is 0 Å². The van der Waals surface area contributed by atoms with Gasteiger partial charge in [-0.15, -0.1) is 0 Å². The van der Waals surface area contributed by atoms with Crippen molar-refractivity contribution in [3.63, 3.8) is 0 Å². The molecule has 1 aromatic carbocycles. The first kappa shape index (κ1) is 17.9. The Morgan fingerprint density at radius 3 is 2.64 bits per heavy atom. The van der Waals surface area contributed by atoms with Crippen molar-refractivity contribution in [2.24, 2.45) is 0 Å². The fraction of sp³-hybridized carbons (Fsp3) is 0.529. The Balaban J connectivity index is 1.70. The standard InChI is InChI=1S/C17H23N3O4S/c1-12(2)25(21,22)20-9-7-13(8-10-20)17-18-16(19-24-17)14-5-4-6-15(11-14)23-3/h4-6,11-13H,7-10H2,1-3H3. The van der Waals surface area contributed by atoms with Gasteiger partial charge in [-0.05, 0) is 38.8 Å². The molecule has 1 fully saturated rings. The largest absolute Gasteiger partial charge is 0.497 e. The summed E-state index contributed by atoms with van der Waals surface area (Å²) < 4.78 is 36.7. The molecule has 0 bridgehead atoms. The smallest absolute Gasteiger partial charge is 0.230 e. The van der Waals surface area contributed by atoms with Crippen molar-refractivity contribution in [1.29, 1.82) is 0 Å². The monoisotopic (exact) mass is 365 g/mol. The van der Waals surface area contributed by atoms with Crippen LogP contribution in [0.15, 0.2) is 28.8 Å². The molecule has 1 aliphatic rings. The van der Waals surface area contributed by atoms with E-state index in [1.54, 1.807) is 25.3 Å². The predicted molar refractivity (Wildman–Crippen MR) is 93.9 cm³/mol. The molecule has 0 N–H and O–H groups in total. The molecule has 0 spiro atoms. The molecule has 0 aliphatic carbocycles.